The minimum Gasteiger partial charge on any atom is -0.486 e. The third-order valence-electron chi connectivity index (χ3n) is 7.28. The summed E-state index contributed by atoms with van der Waals surface area (Å²) in [7, 11) is 1.71. The number of fused-ring (bicyclic) bond motifs is 1. The minimum atomic E-state index is 0.403. The maximum absolute atomic E-state index is 5.80. The van der Waals surface area contributed by atoms with Crippen LogP contribution in [0.15, 0.2) is 42.5 Å². The van der Waals surface area contributed by atoms with Crippen LogP contribution in [0.25, 0.3) is 22.4 Å². The highest BCUT2D eigenvalue weighted by atomic mass is 16.6. The van der Waals surface area contributed by atoms with Gasteiger partial charge in [-0.1, -0.05) is 24.3 Å². The lowest BCUT2D eigenvalue weighted by Crippen LogP contribution is -2.65. The van der Waals surface area contributed by atoms with Crippen LogP contribution in [-0.2, 0) is 11.3 Å². The molecule has 34 heavy (non-hydrogen) atoms. The fourth-order valence-electron chi connectivity index (χ4n) is 5.42. The summed E-state index contributed by atoms with van der Waals surface area (Å²) in [6, 6.07) is 14.7. The zero-order valence-electron chi connectivity index (χ0n) is 20.0. The van der Waals surface area contributed by atoms with E-state index in [4.69, 9.17) is 23.9 Å². The SMILES string of the molecule is COc1nc(-c2cccc(-c3ccc4c(c3)OCCO4)c2C)cc(C)c1CN1CC2(COC2)C1. The van der Waals surface area contributed by atoms with Gasteiger partial charge in [-0.3, -0.25) is 4.90 Å². The zero-order chi connectivity index (χ0) is 23.3. The summed E-state index contributed by atoms with van der Waals surface area (Å²) in [5, 5.41) is 0. The average Bonchev–Trinajstić information content (AvgIpc) is 2.80. The quantitative estimate of drug-likeness (QED) is 0.555. The molecule has 1 spiro atoms. The lowest BCUT2D eigenvalue weighted by Gasteiger charge is -2.55. The molecule has 2 saturated heterocycles. The molecule has 6 rings (SSSR count). The van der Waals surface area contributed by atoms with Crippen molar-refractivity contribution in [2.24, 2.45) is 5.41 Å². The van der Waals surface area contributed by atoms with Crippen molar-refractivity contribution >= 4 is 0 Å². The average molecular weight is 459 g/mol. The maximum Gasteiger partial charge on any atom is 0.218 e. The van der Waals surface area contributed by atoms with Crippen molar-refractivity contribution in [2.45, 2.75) is 20.4 Å². The van der Waals surface area contributed by atoms with Gasteiger partial charge >= 0.3 is 0 Å². The number of rotatable bonds is 5. The Morgan fingerprint density at radius 2 is 1.74 bits per heavy atom. The Morgan fingerprint density at radius 3 is 2.47 bits per heavy atom. The van der Waals surface area contributed by atoms with E-state index in [-0.39, 0.29) is 0 Å². The van der Waals surface area contributed by atoms with Gasteiger partial charge < -0.3 is 18.9 Å². The predicted octanol–water partition coefficient (Wildman–Crippen LogP) is 4.64. The molecule has 3 aromatic rings. The Bertz CT molecular complexity index is 1240. The van der Waals surface area contributed by atoms with Crippen LogP contribution in [0.1, 0.15) is 16.7 Å². The van der Waals surface area contributed by atoms with E-state index in [2.05, 4.69) is 55.1 Å². The molecule has 0 amide bonds. The first kappa shape index (κ1) is 21.4. The van der Waals surface area contributed by atoms with Gasteiger partial charge in [-0.15, -0.1) is 0 Å². The van der Waals surface area contributed by atoms with Crippen molar-refractivity contribution in [1.82, 2.24) is 9.88 Å². The van der Waals surface area contributed by atoms with E-state index >= 15 is 0 Å². The monoisotopic (exact) mass is 458 g/mol. The molecule has 2 fully saturated rings. The third kappa shape index (κ3) is 3.62. The molecule has 0 saturated carbocycles. The number of hydrogen-bond donors (Lipinski definition) is 0. The first-order valence-electron chi connectivity index (χ1n) is 11.9. The third-order valence-corrected chi connectivity index (χ3v) is 7.28. The summed E-state index contributed by atoms with van der Waals surface area (Å²) in [5.74, 6) is 2.32. The van der Waals surface area contributed by atoms with Crippen molar-refractivity contribution in [3.05, 3.63) is 59.2 Å². The van der Waals surface area contributed by atoms with Gasteiger partial charge in [0.25, 0.3) is 0 Å². The number of benzene rings is 2. The summed E-state index contributed by atoms with van der Waals surface area (Å²) in [5.41, 5.74) is 8.26. The molecule has 3 aliphatic rings. The van der Waals surface area contributed by atoms with Crippen LogP contribution in [0.2, 0.25) is 0 Å². The highest BCUT2D eigenvalue weighted by Crippen LogP contribution is 2.41. The number of likely N-dealkylation sites (tertiary alicyclic amines) is 1. The lowest BCUT2D eigenvalue weighted by atomic mass is 9.78. The molecule has 2 aromatic carbocycles. The Balaban J connectivity index is 1.31. The number of pyridine rings is 1. The number of aryl methyl sites for hydroxylation is 1. The van der Waals surface area contributed by atoms with Crippen molar-refractivity contribution in [2.75, 3.05) is 46.6 Å². The molecule has 0 N–H and O–H groups in total. The minimum absolute atomic E-state index is 0.403. The number of hydrogen-bond acceptors (Lipinski definition) is 6. The molecule has 0 atom stereocenters. The largest absolute Gasteiger partial charge is 0.486 e. The molecule has 0 aliphatic carbocycles. The molecule has 6 nitrogen and oxygen atoms in total. The molecule has 0 bridgehead atoms. The van der Waals surface area contributed by atoms with Crippen LogP contribution in [-0.4, -0.2) is 56.5 Å². The molecule has 0 unspecified atom stereocenters. The zero-order valence-corrected chi connectivity index (χ0v) is 20.0. The van der Waals surface area contributed by atoms with Crippen molar-refractivity contribution in [3.8, 4) is 39.8 Å². The molecule has 176 valence electrons. The predicted molar refractivity (Wildman–Crippen MR) is 131 cm³/mol. The van der Waals surface area contributed by atoms with Crippen molar-refractivity contribution in [1.29, 1.82) is 0 Å². The fraction of sp³-hybridized carbons (Fsp3) is 0.393. The number of nitrogens with zero attached hydrogens (tertiary/aromatic N) is 2. The fourth-order valence-corrected chi connectivity index (χ4v) is 5.42. The van der Waals surface area contributed by atoms with Crippen molar-refractivity contribution in [3.63, 3.8) is 0 Å². The highest BCUT2D eigenvalue weighted by molar-refractivity contribution is 5.78. The van der Waals surface area contributed by atoms with Gasteiger partial charge in [0.1, 0.15) is 13.2 Å². The van der Waals surface area contributed by atoms with Crippen LogP contribution in [0, 0.1) is 19.3 Å². The molecule has 6 heteroatoms. The van der Waals surface area contributed by atoms with Gasteiger partial charge in [0, 0.05) is 36.2 Å². The maximum atomic E-state index is 5.80. The second kappa shape index (κ2) is 8.29. The molecular formula is C28H30N2O4. The van der Waals surface area contributed by atoms with E-state index < -0.39 is 0 Å². The molecule has 3 aliphatic heterocycles. The van der Waals surface area contributed by atoms with E-state index in [9.17, 15) is 0 Å². The second-order valence-corrected chi connectivity index (χ2v) is 9.79. The lowest BCUT2D eigenvalue weighted by molar-refractivity contribution is -0.191. The van der Waals surface area contributed by atoms with Crippen LogP contribution < -0.4 is 14.2 Å². The molecular weight excluding hydrogens is 428 g/mol. The Labute approximate surface area is 200 Å². The second-order valence-electron chi connectivity index (χ2n) is 9.79. The summed E-state index contributed by atoms with van der Waals surface area (Å²) in [6.45, 7) is 10.3. The number of methoxy groups -OCH3 is 1. The smallest absolute Gasteiger partial charge is 0.218 e. The molecule has 1 aromatic heterocycles. The molecule has 4 heterocycles. The van der Waals surface area contributed by atoms with Crippen LogP contribution in [0.4, 0.5) is 0 Å². The van der Waals surface area contributed by atoms with Gasteiger partial charge in [0.2, 0.25) is 5.88 Å². The van der Waals surface area contributed by atoms with Gasteiger partial charge in [-0.2, -0.15) is 0 Å². The van der Waals surface area contributed by atoms with Crippen LogP contribution >= 0.6 is 0 Å². The van der Waals surface area contributed by atoms with Gasteiger partial charge in [-0.05, 0) is 54.3 Å². The van der Waals surface area contributed by atoms with E-state index in [1.165, 1.54) is 16.7 Å². The van der Waals surface area contributed by atoms with Crippen molar-refractivity contribution < 1.29 is 18.9 Å². The number of ether oxygens (including phenoxy) is 4. The molecule has 0 radical (unpaired) electrons. The Hall–Kier alpha value is -3.09. The van der Waals surface area contributed by atoms with Crippen LogP contribution in [0.5, 0.6) is 17.4 Å². The van der Waals surface area contributed by atoms with E-state index in [0.29, 0.717) is 24.5 Å². The summed E-state index contributed by atoms with van der Waals surface area (Å²) >= 11 is 0. The van der Waals surface area contributed by atoms with Gasteiger partial charge in [0.15, 0.2) is 11.5 Å². The Kier molecular flexibility index (Phi) is 5.23. The topological polar surface area (TPSA) is 53.0 Å². The standard InChI is InChI=1S/C28H30N2O4/c1-18-11-24(29-27(31-3)23(18)13-30-14-28(15-30)16-32-17-28)22-6-4-5-21(19(22)2)20-7-8-25-26(12-20)34-10-9-33-25/h4-8,11-12H,9-10,13-17H2,1-3H3. The first-order chi connectivity index (χ1) is 16.5. The van der Waals surface area contributed by atoms with E-state index in [1.54, 1.807) is 7.11 Å². The van der Waals surface area contributed by atoms with Gasteiger partial charge in [-0.25, -0.2) is 4.98 Å². The van der Waals surface area contributed by atoms with E-state index in [1.807, 2.05) is 6.07 Å². The Morgan fingerprint density at radius 1 is 0.971 bits per heavy atom. The summed E-state index contributed by atoms with van der Waals surface area (Å²) in [6.07, 6.45) is 0. The van der Waals surface area contributed by atoms with E-state index in [0.717, 1.165) is 66.7 Å². The summed E-state index contributed by atoms with van der Waals surface area (Å²) < 4.78 is 22.7. The highest BCUT2D eigenvalue weighted by Gasteiger charge is 2.48. The first-order valence-corrected chi connectivity index (χ1v) is 11.9. The summed E-state index contributed by atoms with van der Waals surface area (Å²) in [4.78, 5) is 7.41. The normalized spacial score (nSPS) is 18.3. The van der Waals surface area contributed by atoms with Crippen LogP contribution in [0.3, 0.4) is 0 Å². The number of aromatic nitrogens is 1. The van der Waals surface area contributed by atoms with Gasteiger partial charge in [0.05, 0.1) is 26.0 Å².